The lowest BCUT2D eigenvalue weighted by molar-refractivity contribution is -0.0687. The molecule has 1 saturated heterocycles. The van der Waals surface area contributed by atoms with Gasteiger partial charge in [0.15, 0.2) is 4.90 Å². The summed E-state index contributed by atoms with van der Waals surface area (Å²) >= 11 is 0. The number of nitrogens with one attached hydrogen (secondary N) is 2. The summed E-state index contributed by atoms with van der Waals surface area (Å²) in [5.41, 5.74) is 4.84. The van der Waals surface area contributed by atoms with Crippen molar-refractivity contribution in [2.45, 2.75) is 68.5 Å². The number of urea groups is 1. The van der Waals surface area contributed by atoms with Crippen LogP contribution in [0.2, 0.25) is 0 Å². The number of hydrogen-bond acceptors (Lipinski definition) is 8. The van der Waals surface area contributed by atoms with Crippen LogP contribution in [0.1, 0.15) is 48.2 Å². The smallest absolute Gasteiger partial charge is 0.333 e. The SMILES string of the molecule is COC1CN(C2COc3c(S(=O)(=O)NC(=O)Nc4c5c(nc6c4CCC6C)CCC5)cnn3C2)C1. The molecule has 2 unspecified atom stereocenters. The van der Waals surface area contributed by atoms with E-state index in [1.165, 1.54) is 6.20 Å². The van der Waals surface area contributed by atoms with Crippen molar-refractivity contribution in [3.8, 4) is 5.88 Å². The molecular formula is C23H30N6O5S. The molecule has 11 nitrogen and oxygen atoms in total. The molecule has 188 valence electrons. The number of ether oxygens (including phenoxy) is 2. The average Bonchev–Trinajstić information content (AvgIpc) is 3.51. The zero-order valence-electron chi connectivity index (χ0n) is 19.9. The van der Waals surface area contributed by atoms with E-state index in [-0.39, 0.29) is 22.9 Å². The Bertz CT molecular complexity index is 1290. The van der Waals surface area contributed by atoms with Crippen LogP contribution in [0.4, 0.5) is 10.5 Å². The quantitative estimate of drug-likeness (QED) is 0.628. The summed E-state index contributed by atoms with van der Waals surface area (Å²) in [6.07, 6.45) is 5.97. The summed E-state index contributed by atoms with van der Waals surface area (Å²) in [5, 5.41) is 7.07. The molecule has 12 heteroatoms. The first-order chi connectivity index (χ1) is 16.8. The molecular weight excluding hydrogens is 472 g/mol. The predicted molar refractivity (Wildman–Crippen MR) is 126 cm³/mol. The van der Waals surface area contributed by atoms with Crippen molar-refractivity contribution in [2.24, 2.45) is 0 Å². The van der Waals surface area contributed by atoms with Crippen LogP contribution in [0.3, 0.4) is 0 Å². The molecule has 0 bridgehead atoms. The number of likely N-dealkylation sites (tertiary alicyclic amines) is 1. The van der Waals surface area contributed by atoms with E-state index in [1.54, 1.807) is 11.8 Å². The second-order valence-corrected chi connectivity index (χ2v) is 11.6. The first kappa shape index (κ1) is 22.7. The number of carbonyl (C=O) groups excluding carboxylic acids is 1. The number of methoxy groups -OCH3 is 1. The number of nitrogens with zero attached hydrogens (tertiary/aromatic N) is 4. The summed E-state index contributed by atoms with van der Waals surface area (Å²) in [6, 6.07) is -0.689. The van der Waals surface area contributed by atoms with Crippen LogP contribution in [-0.2, 0) is 40.6 Å². The fourth-order valence-corrected chi connectivity index (χ4v) is 6.64. The zero-order chi connectivity index (χ0) is 24.3. The van der Waals surface area contributed by atoms with Gasteiger partial charge in [-0.3, -0.25) is 9.88 Å². The highest BCUT2D eigenvalue weighted by Crippen LogP contribution is 2.41. The van der Waals surface area contributed by atoms with Crippen molar-refractivity contribution in [1.82, 2.24) is 24.4 Å². The van der Waals surface area contributed by atoms with E-state index >= 15 is 0 Å². The van der Waals surface area contributed by atoms with Gasteiger partial charge in [-0.25, -0.2) is 22.6 Å². The topological polar surface area (TPSA) is 128 Å². The third-order valence-corrected chi connectivity index (χ3v) is 9.00. The number of hydrogen-bond donors (Lipinski definition) is 2. The predicted octanol–water partition coefficient (Wildman–Crippen LogP) is 1.42. The molecule has 0 radical (unpaired) electrons. The lowest BCUT2D eigenvalue weighted by atomic mass is 10.0. The minimum atomic E-state index is -4.18. The number of aryl methyl sites for hydroxylation is 1. The summed E-state index contributed by atoms with van der Waals surface area (Å²) in [5.74, 6) is 0.490. The van der Waals surface area contributed by atoms with E-state index in [4.69, 9.17) is 14.5 Å². The van der Waals surface area contributed by atoms with Crippen molar-refractivity contribution >= 4 is 21.7 Å². The normalized spacial score (nSPS) is 23.7. The Morgan fingerprint density at radius 3 is 2.83 bits per heavy atom. The number of fused-ring (bicyclic) bond motifs is 3. The molecule has 2 amide bonds. The van der Waals surface area contributed by atoms with Gasteiger partial charge in [0.05, 0.1) is 30.6 Å². The lowest BCUT2D eigenvalue weighted by Gasteiger charge is -2.44. The Morgan fingerprint density at radius 1 is 1.20 bits per heavy atom. The van der Waals surface area contributed by atoms with E-state index in [0.29, 0.717) is 19.1 Å². The van der Waals surface area contributed by atoms with E-state index in [9.17, 15) is 13.2 Å². The van der Waals surface area contributed by atoms with Gasteiger partial charge >= 0.3 is 6.03 Å². The second kappa shape index (κ2) is 8.45. The second-order valence-electron chi connectivity index (χ2n) is 9.90. The first-order valence-electron chi connectivity index (χ1n) is 12.2. The van der Waals surface area contributed by atoms with Crippen molar-refractivity contribution in [3.63, 3.8) is 0 Å². The van der Waals surface area contributed by atoms with Gasteiger partial charge in [-0.15, -0.1) is 0 Å². The van der Waals surface area contributed by atoms with Gasteiger partial charge < -0.3 is 14.8 Å². The largest absolute Gasteiger partial charge is 0.475 e. The average molecular weight is 503 g/mol. The van der Waals surface area contributed by atoms with Crippen molar-refractivity contribution in [2.75, 3.05) is 32.1 Å². The van der Waals surface area contributed by atoms with Gasteiger partial charge in [-0.1, -0.05) is 6.92 Å². The van der Waals surface area contributed by atoms with Gasteiger partial charge in [0.1, 0.15) is 6.61 Å². The number of aromatic nitrogens is 3. The first-order valence-corrected chi connectivity index (χ1v) is 13.7. The Morgan fingerprint density at radius 2 is 2.03 bits per heavy atom. The van der Waals surface area contributed by atoms with Crippen LogP contribution in [0, 0.1) is 0 Å². The molecule has 0 saturated carbocycles. The van der Waals surface area contributed by atoms with Crippen LogP contribution < -0.4 is 14.8 Å². The Balaban J connectivity index is 1.18. The fraction of sp³-hybridized carbons (Fsp3) is 0.609. The van der Waals surface area contributed by atoms with Crippen molar-refractivity contribution < 1.29 is 22.7 Å². The summed E-state index contributed by atoms with van der Waals surface area (Å²) in [4.78, 5) is 19.9. The number of anilines is 1. The molecule has 2 aliphatic carbocycles. The van der Waals surface area contributed by atoms with E-state index < -0.39 is 16.1 Å². The summed E-state index contributed by atoms with van der Waals surface area (Å²) in [6.45, 7) is 4.63. The number of amides is 2. The number of rotatable bonds is 5. The summed E-state index contributed by atoms with van der Waals surface area (Å²) in [7, 11) is -2.48. The minimum absolute atomic E-state index is 0.0962. The van der Waals surface area contributed by atoms with Crippen LogP contribution in [0.15, 0.2) is 11.1 Å². The molecule has 6 rings (SSSR count). The standard InChI is InChI=1S/C23H30N6O5S/c1-13-6-7-17-20(13)25-18-5-3-4-16(18)21(17)26-23(30)27-35(31,32)19-8-24-29-9-14(12-34-22(19)29)28-10-15(11-28)33-2/h8,13-15H,3-7,9-12H2,1-2H3,(H2,25,26,27,30). The number of sulfonamides is 1. The lowest BCUT2D eigenvalue weighted by Crippen LogP contribution is -2.59. The molecule has 35 heavy (non-hydrogen) atoms. The highest BCUT2D eigenvalue weighted by atomic mass is 32.2. The molecule has 4 heterocycles. The maximum Gasteiger partial charge on any atom is 0.333 e. The van der Waals surface area contributed by atoms with E-state index in [1.807, 2.05) is 0 Å². The van der Waals surface area contributed by atoms with Gasteiger partial charge in [0, 0.05) is 31.6 Å². The van der Waals surface area contributed by atoms with Crippen LogP contribution >= 0.6 is 0 Å². The van der Waals surface area contributed by atoms with Crippen LogP contribution in [0.25, 0.3) is 0 Å². The Hall–Kier alpha value is -2.70. The van der Waals surface area contributed by atoms with E-state index in [0.717, 1.165) is 73.4 Å². The third kappa shape index (κ3) is 3.87. The maximum absolute atomic E-state index is 13.1. The van der Waals surface area contributed by atoms with Gasteiger partial charge in [0.25, 0.3) is 10.0 Å². The van der Waals surface area contributed by atoms with Crippen molar-refractivity contribution in [3.05, 3.63) is 28.7 Å². The molecule has 2 aromatic heterocycles. The van der Waals surface area contributed by atoms with Crippen LogP contribution in [0.5, 0.6) is 5.88 Å². The third-order valence-electron chi connectivity index (χ3n) is 7.69. The Kier molecular flexibility index (Phi) is 5.49. The highest BCUT2D eigenvalue weighted by molar-refractivity contribution is 7.90. The number of pyridine rings is 1. The molecule has 4 aliphatic rings. The molecule has 2 aromatic rings. The molecule has 2 atom stereocenters. The summed E-state index contributed by atoms with van der Waals surface area (Å²) < 4.78 is 41.1. The van der Waals surface area contributed by atoms with Crippen LogP contribution in [-0.4, -0.2) is 73.1 Å². The monoisotopic (exact) mass is 502 g/mol. The Labute approximate surface area is 204 Å². The molecule has 1 fully saturated rings. The van der Waals surface area contributed by atoms with E-state index in [2.05, 4.69) is 27.0 Å². The van der Waals surface area contributed by atoms with Gasteiger partial charge in [0.2, 0.25) is 5.88 Å². The van der Waals surface area contributed by atoms with Crippen molar-refractivity contribution in [1.29, 1.82) is 0 Å². The zero-order valence-corrected chi connectivity index (χ0v) is 20.7. The molecule has 2 N–H and O–H groups in total. The highest BCUT2D eigenvalue weighted by Gasteiger charge is 2.38. The molecule has 0 spiro atoms. The minimum Gasteiger partial charge on any atom is -0.475 e. The van der Waals surface area contributed by atoms with Gasteiger partial charge in [-0.2, -0.15) is 5.10 Å². The molecule has 2 aliphatic heterocycles. The number of carbonyl (C=O) groups is 1. The maximum atomic E-state index is 13.1. The molecule has 0 aromatic carbocycles. The van der Waals surface area contributed by atoms with Gasteiger partial charge in [-0.05, 0) is 49.1 Å². The fourth-order valence-electron chi connectivity index (χ4n) is 5.65.